The highest BCUT2D eigenvalue weighted by Crippen LogP contribution is 2.47. The number of fused-ring (bicyclic) bond motifs is 2. The Bertz CT molecular complexity index is 839. The van der Waals surface area contributed by atoms with Crippen LogP contribution in [0.1, 0.15) is 48.0 Å². The van der Waals surface area contributed by atoms with E-state index in [1.54, 1.807) is 23.1 Å². The Hall–Kier alpha value is -2.06. The highest BCUT2D eigenvalue weighted by Gasteiger charge is 2.55. The van der Waals surface area contributed by atoms with Crippen molar-refractivity contribution in [2.45, 2.75) is 43.8 Å². The number of hydrogen-bond acceptors (Lipinski definition) is 4. The number of carbonyl (C=O) groups is 2. The molecule has 2 amide bonds. The van der Waals surface area contributed by atoms with E-state index >= 15 is 0 Å². The average molecular weight is 406 g/mol. The highest BCUT2D eigenvalue weighted by molar-refractivity contribution is 6.07. The third-order valence-electron chi connectivity index (χ3n) is 6.23. The van der Waals surface area contributed by atoms with Gasteiger partial charge < -0.3 is 19.3 Å². The van der Waals surface area contributed by atoms with Gasteiger partial charge in [-0.2, -0.15) is 0 Å². The summed E-state index contributed by atoms with van der Waals surface area (Å²) < 4.78 is 38.6. The number of rotatable bonds is 3. The lowest BCUT2D eigenvalue weighted by molar-refractivity contribution is -0.256. The molecule has 5 rings (SSSR count). The first-order valence-electron chi connectivity index (χ1n) is 10.3. The molecule has 3 aliphatic heterocycles. The van der Waals surface area contributed by atoms with Crippen molar-refractivity contribution in [2.75, 3.05) is 37.7 Å². The second-order valence-corrected chi connectivity index (χ2v) is 8.41. The van der Waals surface area contributed by atoms with Crippen molar-refractivity contribution >= 4 is 17.5 Å². The number of alkyl halides is 2. The fourth-order valence-corrected chi connectivity index (χ4v) is 4.34. The van der Waals surface area contributed by atoms with Crippen LogP contribution in [0.15, 0.2) is 18.2 Å². The van der Waals surface area contributed by atoms with Crippen LogP contribution < -0.4 is 4.90 Å². The van der Waals surface area contributed by atoms with Crippen LogP contribution in [-0.2, 0) is 20.1 Å². The van der Waals surface area contributed by atoms with E-state index in [1.165, 1.54) is 4.90 Å². The van der Waals surface area contributed by atoms with Gasteiger partial charge in [0.2, 0.25) is 0 Å². The lowest BCUT2D eigenvalue weighted by atomic mass is 10.0. The van der Waals surface area contributed by atoms with Gasteiger partial charge in [-0.05, 0) is 43.4 Å². The normalized spacial score (nSPS) is 25.4. The maximum atomic E-state index is 13.4. The first-order valence-corrected chi connectivity index (χ1v) is 10.3. The molecule has 4 aliphatic rings. The summed E-state index contributed by atoms with van der Waals surface area (Å²) in [7, 11) is 0. The first kappa shape index (κ1) is 18.9. The van der Waals surface area contributed by atoms with Crippen molar-refractivity contribution in [1.29, 1.82) is 0 Å². The molecule has 8 heteroatoms. The number of carbonyl (C=O) groups excluding carboxylic acids is 2. The number of nitrogens with zero attached hydrogens (tertiary/aromatic N) is 2. The number of halogens is 2. The fraction of sp³-hybridized carbons (Fsp3) is 0.619. The van der Waals surface area contributed by atoms with Gasteiger partial charge in [-0.1, -0.05) is 0 Å². The van der Waals surface area contributed by atoms with E-state index in [1.807, 2.05) is 0 Å². The second kappa shape index (κ2) is 6.74. The fourth-order valence-electron chi connectivity index (χ4n) is 4.34. The summed E-state index contributed by atoms with van der Waals surface area (Å²) in [6.07, 6.45) is 2.25. The summed E-state index contributed by atoms with van der Waals surface area (Å²) in [5.74, 6) is -4.25. The molecule has 3 heterocycles. The van der Waals surface area contributed by atoms with Crippen molar-refractivity contribution in [1.82, 2.24) is 4.90 Å². The standard InChI is InChI=1S/C21H24F2N2O4/c22-20(23)6-8-24(9-7-20)18(26)15-4-5-17-16(12-15)21(28-10-1-11-29-21)19(27)25(17)13-14-2-3-14/h4-5,12,14H,1-3,6-11,13H2. The van der Waals surface area contributed by atoms with Gasteiger partial charge in [0.1, 0.15) is 0 Å². The van der Waals surface area contributed by atoms with Crippen LogP contribution in [0, 0.1) is 5.92 Å². The Morgan fingerprint density at radius 1 is 1.14 bits per heavy atom. The van der Waals surface area contributed by atoms with Crippen LogP contribution in [0.2, 0.25) is 0 Å². The average Bonchev–Trinajstić information content (AvgIpc) is 3.52. The maximum Gasteiger partial charge on any atom is 0.292 e. The summed E-state index contributed by atoms with van der Waals surface area (Å²) in [5.41, 5.74) is 1.63. The molecular weight excluding hydrogens is 382 g/mol. The SMILES string of the molecule is O=C(c1ccc2c(c1)C1(OCCCO1)C(=O)N2CC1CC1)N1CCC(F)(F)CC1. The summed E-state index contributed by atoms with van der Waals surface area (Å²) in [4.78, 5) is 29.4. The minimum atomic E-state index is -2.71. The summed E-state index contributed by atoms with van der Waals surface area (Å²) >= 11 is 0. The molecule has 6 nitrogen and oxygen atoms in total. The molecule has 156 valence electrons. The van der Waals surface area contributed by atoms with Crippen molar-refractivity contribution in [3.8, 4) is 0 Å². The zero-order valence-electron chi connectivity index (χ0n) is 16.2. The van der Waals surface area contributed by atoms with Crippen LogP contribution >= 0.6 is 0 Å². The van der Waals surface area contributed by atoms with Crippen LogP contribution in [0.3, 0.4) is 0 Å². The molecule has 1 saturated carbocycles. The van der Waals surface area contributed by atoms with Gasteiger partial charge in [0.05, 0.1) is 18.9 Å². The number of anilines is 1. The van der Waals surface area contributed by atoms with Gasteiger partial charge in [-0.15, -0.1) is 0 Å². The molecule has 0 atom stereocenters. The van der Waals surface area contributed by atoms with Gasteiger partial charge in [-0.25, -0.2) is 8.78 Å². The predicted octanol–water partition coefficient (Wildman–Crippen LogP) is 2.90. The first-order chi connectivity index (χ1) is 13.9. The summed E-state index contributed by atoms with van der Waals surface area (Å²) in [6.45, 7) is 1.47. The van der Waals surface area contributed by atoms with Crippen molar-refractivity contribution < 1.29 is 27.8 Å². The lowest BCUT2D eigenvalue weighted by Gasteiger charge is -2.33. The molecule has 1 aliphatic carbocycles. The number of likely N-dealkylation sites (tertiary alicyclic amines) is 1. The topological polar surface area (TPSA) is 59.1 Å². The summed E-state index contributed by atoms with van der Waals surface area (Å²) in [6, 6.07) is 5.08. The number of ether oxygens (including phenoxy) is 2. The van der Waals surface area contributed by atoms with Crippen molar-refractivity contribution in [3.05, 3.63) is 29.3 Å². The Labute approximate surface area is 167 Å². The van der Waals surface area contributed by atoms with E-state index in [9.17, 15) is 18.4 Å². The van der Waals surface area contributed by atoms with Gasteiger partial charge in [-0.3, -0.25) is 9.59 Å². The molecule has 0 unspecified atom stereocenters. The molecule has 0 aromatic heterocycles. The number of piperidine rings is 1. The van der Waals surface area contributed by atoms with E-state index < -0.39 is 11.7 Å². The smallest absolute Gasteiger partial charge is 0.292 e. The van der Waals surface area contributed by atoms with E-state index in [0.29, 0.717) is 48.9 Å². The zero-order chi connectivity index (χ0) is 20.2. The van der Waals surface area contributed by atoms with Crippen molar-refractivity contribution in [3.63, 3.8) is 0 Å². The van der Waals surface area contributed by atoms with E-state index in [-0.39, 0.29) is 37.7 Å². The largest absolute Gasteiger partial charge is 0.338 e. The second-order valence-electron chi connectivity index (χ2n) is 8.41. The molecule has 2 saturated heterocycles. The van der Waals surface area contributed by atoms with Crippen LogP contribution in [-0.4, -0.2) is 55.5 Å². The van der Waals surface area contributed by atoms with E-state index in [4.69, 9.17) is 9.47 Å². The molecular formula is C21H24F2N2O4. The molecule has 0 N–H and O–H groups in total. The Morgan fingerprint density at radius 3 is 2.48 bits per heavy atom. The number of hydrogen-bond donors (Lipinski definition) is 0. The van der Waals surface area contributed by atoms with E-state index in [0.717, 1.165) is 12.8 Å². The van der Waals surface area contributed by atoms with Crippen LogP contribution in [0.5, 0.6) is 0 Å². The van der Waals surface area contributed by atoms with Gasteiger partial charge in [0.15, 0.2) is 0 Å². The molecule has 1 spiro atoms. The van der Waals surface area contributed by atoms with Gasteiger partial charge in [0, 0.05) is 43.6 Å². The monoisotopic (exact) mass is 406 g/mol. The van der Waals surface area contributed by atoms with Crippen LogP contribution in [0.25, 0.3) is 0 Å². The Morgan fingerprint density at radius 2 is 1.83 bits per heavy atom. The zero-order valence-corrected chi connectivity index (χ0v) is 16.2. The minimum absolute atomic E-state index is 0.0216. The third-order valence-corrected chi connectivity index (χ3v) is 6.23. The highest BCUT2D eigenvalue weighted by atomic mass is 19.3. The quantitative estimate of drug-likeness (QED) is 0.775. The van der Waals surface area contributed by atoms with Gasteiger partial charge >= 0.3 is 0 Å². The van der Waals surface area contributed by atoms with Gasteiger partial charge in [0.25, 0.3) is 23.5 Å². The lowest BCUT2D eigenvalue weighted by Crippen LogP contribution is -2.47. The van der Waals surface area contributed by atoms with Crippen molar-refractivity contribution in [2.24, 2.45) is 5.92 Å². The Kier molecular flexibility index (Phi) is 4.40. The predicted molar refractivity (Wildman–Crippen MR) is 99.8 cm³/mol. The molecule has 1 aromatic rings. The maximum absolute atomic E-state index is 13.4. The molecule has 1 aromatic carbocycles. The summed E-state index contributed by atoms with van der Waals surface area (Å²) in [5, 5.41) is 0. The number of benzene rings is 1. The molecule has 29 heavy (non-hydrogen) atoms. The molecule has 3 fully saturated rings. The van der Waals surface area contributed by atoms with E-state index in [2.05, 4.69) is 0 Å². The number of amides is 2. The third kappa shape index (κ3) is 3.22. The molecule has 0 bridgehead atoms. The minimum Gasteiger partial charge on any atom is -0.338 e. The Balaban J connectivity index is 1.47. The van der Waals surface area contributed by atoms with Crippen LogP contribution in [0.4, 0.5) is 14.5 Å². The molecule has 0 radical (unpaired) electrons.